The van der Waals surface area contributed by atoms with Crippen LogP contribution in [0.15, 0.2) is 12.1 Å². The van der Waals surface area contributed by atoms with Gasteiger partial charge in [-0.15, -0.1) is 10.2 Å². The lowest BCUT2D eigenvalue weighted by atomic mass is 10.0. The Labute approximate surface area is 94.9 Å². The van der Waals surface area contributed by atoms with Crippen molar-refractivity contribution in [3.8, 4) is 6.07 Å². The monoisotopic (exact) mass is 214 g/mol. The average molecular weight is 214 g/mol. The van der Waals surface area contributed by atoms with E-state index in [4.69, 9.17) is 5.26 Å². The second kappa shape index (κ2) is 3.75. The second-order valence-corrected chi connectivity index (χ2v) is 4.74. The van der Waals surface area contributed by atoms with E-state index in [1.54, 1.807) is 6.07 Å². The highest BCUT2D eigenvalue weighted by Gasteiger charge is 2.36. The molecule has 0 amide bonds. The van der Waals surface area contributed by atoms with E-state index in [1.165, 1.54) is 19.3 Å². The Morgan fingerprint density at radius 3 is 2.50 bits per heavy atom. The summed E-state index contributed by atoms with van der Waals surface area (Å²) < 4.78 is 0. The zero-order valence-electron chi connectivity index (χ0n) is 9.13. The van der Waals surface area contributed by atoms with Crippen molar-refractivity contribution in [2.24, 2.45) is 11.8 Å². The van der Waals surface area contributed by atoms with E-state index >= 15 is 0 Å². The number of aromatic nitrogens is 2. The van der Waals surface area contributed by atoms with Gasteiger partial charge in [-0.2, -0.15) is 5.26 Å². The topological polar surface area (TPSA) is 52.8 Å². The SMILES string of the molecule is N#Cc1ccc(N2CC3CCCC3C2)nn1. The molecule has 1 aromatic heterocycles. The number of nitrogens with zero attached hydrogens (tertiary/aromatic N) is 4. The van der Waals surface area contributed by atoms with Crippen LogP contribution in [0.1, 0.15) is 25.0 Å². The first-order valence-corrected chi connectivity index (χ1v) is 5.85. The van der Waals surface area contributed by atoms with Crippen LogP contribution in [0.25, 0.3) is 0 Å². The Morgan fingerprint density at radius 2 is 1.94 bits per heavy atom. The summed E-state index contributed by atoms with van der Waals surface area (Å²) in [7, 11) is 0. The molecule has 2 unspecified atom stereocenters. The summed E-state index contributed by atoms with van der Waals surface area (Å²) in [5, 5.41) is 16.7. The van der Waals surface area contributed by atoms with Gasteiger partial charge in [0.25, 0.3) is 0 Å². The van der Waals surface area contributed by atoms with E-state index in [2.05, 4.69) is 15.1 Å². The summed E-state index contributed by atoms with van der Waals surface area (Å²) in [6.07, 6.45) is 4.12. The molecule has 0 N–H and O–H groups in total. The second-order valence-electron chi connectivity index (χ2n) is 4.74. The van der Waals surface area contributed by atoms with Crippen LogP contribution < -0.4 is 4.90 Å². The Hall–Kier alpha value is -1.63. The Balaban J connectivity index is 1.76. The minimum absolute atomic E-state index is 0.392. The summed E-state index contributed by atoms with van der Waals surface area (Å²) in [5.74, 6) is 2.64. The van der Waals surface area contributed by atoms with Gasteiger partial charge in [-0.05, 0) is 36.8 Å². The Bertz CT molecular complexity index is 408. The van der Waals surface area contributed by atoms with Gasteiger partial charge in [0.15, 0.2) is 11.5 Å². The van der Waals surface area contributed by atoms with E-state index in [1.807, 2.05) is 12.1 Å². The number of nitriles is 1. The first kappa shape index (κ1) is 9.59. The molecule has 0 spiro atoms. The number of anilines is 1. The van der Waals surface area contributed by atoms with Crippen LogP contribution in [0.2, 0.25) is 0 Å². The van der Waals surface area contributed by atoms with E-state index in [0.717, 1.165) is 30.7 Å². The molecule has 4 heteroatoms. The highest BCUT2D eigenvalue weighted by Crippen LogP contribution is 2.38. The lowest BCUT2D eigenvalue weighted by Crippen LogP contribution is -2.22. The van der Waals surface area contributed by atoms with Crippen molar-refractivity contribution >= 4 is 5.82 Å². The minimum Gasteiger partial charge on any atom is -0.355 e. The maximum absolute atomic E-state index is 8.66. The molecule has 0 aromatic carbocycles. The molecule has 2 heterocycles. The molecule has 1 aliphatic carbocycles. The van der Waals surface area contributed by atoms with Crippen molar-refractivity contribution < 1.29 is 0 Å². The third-order valence-corrected chi connectivity index (χ3v) is 3.82. The van der Waals surface area contributed by atoms with E-state index in [-0.39, 0.29) is 0 Å². The Morgan fingerprint density at radius 1 is 1.19 bits per heavy atom. The third kappa shape index (κ3) is 1.53. The fraction of sp³-hybridized carbons (Fsp3) is 0.583. The van der Waals surface area contributed by atoms with Gasteiger partial charge in [0.2, 0.25) is 0 Å². The highest BCUT2D eigenvalue weighted by atomic mass is 15.3. The van der Waals surface area contributed by atoms with Crippen molar-refractivity contribution in [1.29, 1.82) is 5.26 Å². The van der Waals surface area contributed by atoms with Gasteiger partial charge in [-0.3, -0.25) is 0 Å². The lowest BCUT2D eigenvalue weighted by Gasteiger charge is -2.17. The number of hydrogen-bond acceptors (Lipinski definition) is 4. The molecule has 3 rings (SSSR count). The zero-order valence-corrected chi connectivity index (χ0v) is 9.13. The summed E-state index contributed by atoms with van der Waals surface area (Å²) in [5.41, 5.74) is 0.392. The molecule has 16 heavy (non-hydrogen) atoms. The van der Waals surface area contributed by atoms with Crippen LogP contribution in [0.5, 0.6) is 0 Å². The standard InChI is InChI=1S/C12H14N4/c13-6-11-4-5-12(15-14-11)16-7-9-2-1-3-10(9)8-16/h4-5,9-10H,1-3,7-8H2. The van der Waals surface area contributed by atoms with Crippen molar-refractivity contribution in [2.45, 2.75) is 19.3 Å². The van der Waals surface area contributed by atoms with Gasteiger partial charge in [0.05, 0.1) is 0 Å². The average Bonchev–Trinajstić information content (AvgIpc) is 2.89. The summed E-state index contributed by atoms with van der Waals surface area (Å²) in [6, 6.07) is 5.65. The van der Waals surface area contributed by atoms with Crippen LogP contribution in [-0.4, -0.2) is 23.3 Å². The molecule has 82 valence electrons. The lowest BCUT2D eigenvalue weighted by molar-refractivity contribution is 0.494. The molecule has 2 atom stereocenters. The van der Waals surface area contributed by atoms with Crippen molar-refractivity contribution in [3.63, 3.8) is 0 Å². The minimum atomic E-state index is 0.392. The molecule has 1 aliphatic heterocycles. The summed E-state index contributed by atoms with van der Waals surface area (Å²) >= 11 is 0. The van der Waals surface area contributed by atoms with Gasteiger partial charge in [-0.25, -0.2) is 0 Å². The van der Waals surface area contributed by atoms with Gasteiger partial charge in [0, 0.05) is 13.1 Å². The van der Waals surface area contributed by atoms with E-state index in [9.17, 15) is 0 Å². The molecule has 1 aromatic rings. The zero-order chi connectivity index (χ0) is 11.0. The molecule has 2 fully saturated rings. The molecule has 4 nitrogen and oxygen atoms in total. The fourth-order valence-electron chi connectivity index (χ4n) is 2.98. The van der Waals surface area contributed by atoms with E-state index < -0.39 is 0 Å². The first-order chi connectivity index (χ1) is 7.86. The van der Waals surface area contributed by atoms with E-state index in [0.29, 0.717) is 5.69 Å². The largest absolute Gasteiger partial charge is 0.355 e. The molecule has 1 saturated heterocycles. The molecule has 1 saturated carbocycles. The maximum Gasteiger partial charge on any atom is 0.163 e. The highest BCUT2D eigenvalue weighted by molar-refractivity contribution is 5.40. The van der Waals surface area contributed by atoms with Crippen LogP contribution in [0.4, 0.5) is 5.82 Å². The smallest absolute Gasteiger partial charge is 0.163 e. The molecular formula is C12H14N4. The van der Waals surface area contributed by atoms with Gasteiger partial charge in [0.1, 0.15) is 6.07 Å². The van der Waals surface area contributed by atoms with Crippen LogP contribution in [-0.2, 0) is 0 Å². The maximum atomic E-state index is 8.66. The van der Waals surface area contributed by atoms with Crippen LogP contribution in [0.3, 0.4) is 0 Å². The molecule has 2 aliphatic rings. The fourth-order valence-corrected chi connectivity index (χ4v) is 2.98. The number of fused-ring (bicyclic) bond motifs is 1. The third-order valence-electron chi connectivity index (χ3n) is 3.82. The summed E-state index contributed by atoms with van der Waals surface area (Å²) in [6.45, 7) is 2.23. The Kier molecular flexibility index (Phi) is 2.24. The number of rotatable bonds is 1. The number of hydrogen-bond donors (Lipinski definition) is 0. The van der Waals surface area contributed by atoms with Crippen molar-refractivity contribution in [2.75, 3.05) is 18.0 Å². The molecule has 0 radical (unpaired) electrons. The van der Waals surface area contributed by atoms with Crippen molar-refractivity contribution in [3.05, 3.63) is 17.8 Å². The van der Waals surface area contributed by atoms with Gasteiger partial charge < -0.3 is 4.90 Å². The van der Waals surface area contributed by atoms with Gasteiger partial charge >= 0.3 is 0 Å². The predicted octanol–water partition coefficient (Wildman–Crippen LogP) is 1.58. The molecular weight excluding hydrogens is 200 g/mol. The van der Waals surface area contributed by atoms with Crippen LogP contribution >= 0.6 is 0 Å². The van der Waals surface area contributed by atoms with Gasteiger partial charge in [-0.1, -0.05) is 6.42 Å². The van der Waals surface area contributed by atoms with Crippen LogP contribution in [0, 0.1) is 23.2 Å². The molecule has 0 bridgehead atoms. The summed E-state index contributed by atoms with van der Waals surface area (Å²) in [4.78, 5) is 2.31. The van der Waals surface area contributed by atoms with Crippen molar-refractivity contribution in [1.82, 2.24) is 10.2 Å². The predicted molar refractivity (Wildman–Crippen MR) is 59.8 cm³/mol. The normalized spacial score (nSPS) is 27.8. The quantitative estimate of drug-likeness (QED) is 0.712. The first-order valence-electron chi connectivity index (χ1n) is 5.85.